The van der Waals surface area contributed by atoms with E-state index in [1.165, 1.54) is 41.9 Å². The quantitative estimate of drug-likeness (QED) is 0.0501. The molecule has 8 aromatic rings. The van der Waals surface area contributed by atoms with Crippen molar-refractivity contribution in [1.29, 1.82) is 0 Å². The Balaban J connectivity index is 0.965. The summed E-state index contributed by atoms with van der Waals surface area (Å²) in [5.41, 5.74) is 5.79. The van der Waals surface area contributed by atoms with E-state index in [1.54, 1.807) is 41.9 Å². The van der Waals surface area contributed by atoms with Crippen LogP contribution in [-0.2, 0) is 44.7 Å². The predicted octanol–water partition coefficient (Wildman–Crippen LogP) is 10.1. The molecule has 0 bridgehead atoms. The zero-order valence-electron chi connectivity index (χ0n) is 39.4. The molecule has 0 fully saturated rings. The van der Waals surface area contributed by atoms with Crippen molar-refractivity contribution >= 4 is 80.7 Å². The van der Waals surface area contributed by atoms with Crippen LogP contribution in [0.3, 0.4) is 0 Å². The molecule has 4 heterocycles. The van der Waals surface area contributed by atoms with Crippen LogP contribution in [0, 0.1) is 5.21 Å². The Labute approximate surface area is 433 Å². The van der Waals surface area contributed by atoms with E-state index in [4.69, 9.17) is 19.4 Å². The van der Waals surface area contributed by atoms with Gasteiger partial charge in [-0.2, -0.15) is 0 Å². The molecular formula is C53H51N8O7S4-. The maximum atomic E-state index is 14.0. The molecular weight excluding hydrogens is 989 g/mol. The Morgan fingerprint density at radius 3 is 1.31 bits per heavy atom. The lowest BCUT2D eigenvalue weighted by Crippen LogP contribution is -2.49. The van der Waals surface area contributed by atoms with Crippen LogP contribution >= 0.6 is 45.3 Å². The van der Waals surface area contributed by atoms with Crippen molar-refractivity contribution < 1.29 is 28.7 Å². The van der Waals surface area contributed by atoms with E-state index in [9.17, 15) is 24.4 Å². The Kier molecular flexibility index (Phi) is 17.4. The number of thiophene rings is 2. The molecule has 0 spiro atoms. The maximum Gasteiger partial charge on any atom is 0.407 e. The van der Waals surface area contributed by atoms with Gasteiger partial charge in [0.15, 0.2) is 0 Å². The number of carbonyl (C=O) groups excluding carboxylic acids is 4. The van der Waals surface area contributed by atoms with Gasteiger partial charge in [-0.15, -0.1) is 45.3 Å². The summed E-state index contributed by atoms with van der Waals surface area (Å²) >= 11 is 6.13. The first kappa shape index (κ1) is 51.0. The number of methoxy groups -OCH3 is 2. The zero-order valence-corrected chi connectivity index (χ0v) is 42.7. The summed E-state index contributed by atoms with van der Waals surface area (Å²) < 4.78 is 9.73. The molecule has 0 radical (unpaired) electrons. The van der Waals surface area contributed by atoms with E-state index in [2.05, 4.69) is 21.3 Å². The summed E-state index contributed by atoms with van der Waals surface area (Å²) in [4.78, 5) is 64.7. The number of nitrogens with one attached hydrogen (secondary N) is 4. The van der Waals surface area contributed by atoms with Crippen molar-refractivity contribution in [2.24, 2.45) is 0 Å². The van der Waals surface area contributed by atoms with Gasteiger partial charge in [0.25, 0.3) is 0 Å². The van der Waals surface area contributed by atoms with Crippen LogP contribution in [0.15, 0.2) is 155 Å². The largest absolute Gasteiger partial charge is 0.739 e. The predicted molar refractivity (Wildman–Crippen MR) is 286 cm³/mol. The van der Waals surface area contributed by atoms with Crippen molar-refractivity contribution in [3.05, 3.63) is 194 Å². The van der Waals surface area contributed by atoms with Crippen LogP contribution in [0.2, 0.25) is 0 Å². The molecule has 4 aromatic heterocycles. The SMILES string of the molecule is COC(=O)N[C@@H](Cc1ccccc1)C(=O)NC(Cc1ccc(N(C)N([O-])c2ccc(CC(NC(=O)[C@H](Cc3ccccc3)NC(=O)OC)c3csc(-c4cccs4)n3)cc2)cc1)c1csc(-c2cccs2)n1. The number of rotatable bonds is 21. The number of anilines is 2. The van der Waals surface area contributed by atoms with Gasteiger partial charge in [-0.25, -0.2) is 19.6 Å². The Bertz CT molecular complexity index is 2790. The summed E-state index contributed by atoms with van der Waals surface area (Å²) in [6.07, 6.45) is -0.233. The van der Waals surface area contributed by atoms with E-state index in [-0.39, 0.29) is 12.8 Å². The molecule has 19 heteroatoms. The summed E-state index contributed by atoms with van der Waals surface area (Å²) in [6.45, 7) is 0. The second-order valence-corrected chi connectivity index (χ2v) is 20.1. The molecule has 4 atom stereocenters. The molecule has 2 unspecified atom stereocenters. The minimum Gasteiger partial charge on any atom is -0.739 e. The number of thiazole rings is 2. The third kappa shape index (κ3) is 13.5. The van der Waals surface area contributed by atoms with Crippen molar-refractivity contribution in [2.75, 3.05) is 31.4 Å². The molecule has 0 aliphatic heterocycles. The molecule has 15 nitrogen and oxygen atoms in total. The minimum absolute atomic E-state index is 0.242. The van der Waals surface area contributed by atoms with E-state index in [1.807, 2.05) is 143 Å². The maximum absolute atomic E-state index is 14.0. The van der Waals surface area contributed by atoms with Gasteiger partial charge >= 0.3 is 12.2 Å². The van der Waals surface area contributed by atoms with E-state index >= 15 is 0 Å². The molecule has 8 rings (SSSR count). The highest BCUT2D eigenvalue weighted by Gasteiger charge is 2.29. The number of hydrazine groups is 1. The number of hydrogen-bond acceptors (Lipinski definition) is 15. The van der Waals surface area contributed by atoms with Crippen molar-refractivity contribution in [3.63, 3.8) is 0 Å². The highest BCUT2D eigenvalue weighted by Crippen LogP contribution is 2.33. The van der Waals surface area contributed by atoms with E-state index in [0.717, 1.165) is 47.2 Å². The Morgan fingerprint density at radius 1 is 0.514 bits per heavy atom. The second kappa shape index (κ2) is 24.6. The van der Waals surface area contributed by atoms with Crippen molar-refractivity contribution in [1.82, 2.24) is 31.2 Å². The Hall–Kier alpha value is -7.42. The van der Waals surface area contributed by atoms with Crippen LogP contribution in [0.5, 0.6) is 0 Å². The lowest BCUT2D eigenvalue weighted by Gasteiger charge is -2.40. The summed E-state index contributed by atoms with van der Waals surface area (Å²) in [7, 11) is 4.18. The van der Waals surface area contributed by atoms with Crippen LogP contribution < -0.4 is 31.4 Å². The highest BCUT2D eigenvalue weighted by molar-refractivity contribution is 7.20. The van der Waals surface area contributed by atoms with Gasteiger partial charge < -0.3 is 41.1 Å². The van der Waals surface area contributed by atoms with Crippen LogP contribution in [0.1, 0.15) is 45.7 Å². The van der Waals surface area contributed by atoms with Crippen molar-refractivity contribution in [3.8, 4) is 19.8 Å². The Morgan fingerprint density at radius 2 is 0.917 bits per heavy atom. The van der Waals surface area contributed by atoms with E-state index in [0.29, 0.717) is 35.6 Å². The summed E-state index contributed by atoms with van der Waals surface area (Å²) in [6, 6.07) is 38.4. The lowest BCUT2D eigenvalue weighted by molar-refractivity contribution is -0.124. The summed E-state index contributed by atoms with van der Waals surface area (Å²) in [5.74, 6) is -0.793. The number of ether oxygens (including phenoxy) is 2. The molecule has 0 aliphatic rings. The fraction of sp³-hybridized carbons (Fsp3) is 0.208. The number of carbonyl (C=O) groups is 4. The van der Waals surface area contributed by atoms with Crippen molar-refractivity contribution in [2.45, 2.75) is 49.9 Å². The van der Waals surface area contributed by atoms with E-state index < -0.39 is 48.2 Å². The summed E-state index contributed by atoms with van der Waals surface area (Å²) in [5, 5.41) is 37.4. The molecule has 4 aromatic carbocycles. The fourth-order valence-electron chi connectivity index (χ4n) is 7.80. The topological polar surface area (TPSA) is 190 Å². The number of hydrogen-bond donors (Lipinski definition) is 4. The van der Waals surface area contributed by atoms with Gasteiger partial charge in [0, 0.05) is 36.3 Å². The fourth-order valence-corrected chi connectivity index (χ4v) is 11.2. The van der Waals surface area contributed by atoms with Crippen LogP contribution in [0.4, 0.5) is 21.0 Å². The van der Waals surface area contributed by atoms with Gasteiger partial charge in [-0.3, -0.25) is 14.6 Å². The highest BCUT2D eigenvalue weighted by atomic mass is 32.1. The lowest BCUT2D eigenvalue weighted by atomic mass is 10.0. The number of benzene rings is 4. The first-order valence-corrected chi connectivity index (χ1v) is 26.3. The van der Waals surface area contributed by atoms with Crippen LogP contribution in [-0.4, -0.2) is 67.3 Å². The van der Waals surface area contributed by atoms with Crippen LogP contribution in [0.25, 0.3) is 19.8 Å². The van der Waals surface area contributed by atoms with Gasteiger partial charge in [0.2, 0.25) is 11.8 Å². The number of amides is 4. The molecule has 4 N–H and O–H groups in total. The molecule has 0 saturated heterocycles. The average molecular weight is 1040 g/mol. The second-order valence-electron chi connectivity index (χ2n) is 16.5. The third-order valence-electron chi connectivity index (χ3n) is 11.6. The van der Waals surface area contributed by atoms with Gasteiger partial charge in [-0.1, -0.05) is 97.1 Å². The zero-order chi connectivity index (χ0) is 50.4. The molecule has 370 valence electrons. The first-order chi connectivity index (χ1) is 35.0. The average Bonchev–Trinajstić information content (AvgIpc) is 4.28. The molecule has 0 saturated carbocycles. The van der Waals surface area contributed by atoms with Gasteiger partial charge in [0.05, 0.1) is 53.1 Å². The molecule has 72 heavy (non-hydrogen) atoms. The molecule has 0 aliphatic carbocycles. The number of aromatic nitrogens is 2. The van der Waals surface area contributed by atoms with Gasteiger partial charge in [-0.05, 0) is 82.3 Å². The third-order valence-corrected chi connectivity index (χ3v) is 15.4. The molecule has 4 amide bonds. The number of alkyl carbamates (subject to hydrolysis) is 2. The first-order valence-electron chi connectivity index (χ1n) is 22.8. The van der Waals surface area contributed by atoms with Gasteiger partial charge in [0.1, 0.15) is 22.1 Å². The minimum atomic E-state index is -0.927. The smallest absolute Gasteiger partial charge is 0.407 e. The normalized spacial score (nSPS) is 12.7. The standard InChI is InChI=1S/C53H51N8O7S4/c1-60(38-22-18-36(19-23-38)28-40(44-32-71-50(56-44)46-16-10-26-69-46)54-48(62)42(58-52(64)67-2)30-34-12-6-4-7-13-34)61(66)39-24-20-37(21-25-39)29-41(45-33-72-51(57-45)47-17-11-27-70-47)55-49(63)43(59-53(65)68-3)31-35-14-8-5-9-15-35/h4-27,32-33,40-43H,28-31H2,1-3H3,(H,54,62)(H,55,63)(H,58,64)(H,59,65)/q-1/t40?,41?,42-,43-/m0/s1. The monoisotopic (exact) mass is 1040 g/mol. The number of nitrogens with zero attached hydrogens (tertiary/aromatic N) is 4.